The Hall–Kier alpha value is -4.86. The van der Waals surface area contributed by atoms with Gasteiger partial charge in [0.1, 0.15) is 17.0 Å². The van der Waals surface area contributed by atoms with Crippen LogP contribution in [0.5, 0.6) is 0 Å². The molecule has 45 heavy (non-hydrogen) atoms. The van der Waals surface area contributed by atoms with Gasteiger partial charge in [-0.15, -0.1) is 0 Å². The minimum absolute atomic E-state index is 0.0202. The number of para-hydroxylation sites is 1. The molecular weight excluding hydrogens is 570 g/mol. The number of fused-ring (bicyclic) bond motifs is 2. The van der Waals surface area contributed by atoms with Crippen molar-refractivity contribution in [3.63, 3.8) is 0 Å². The van der Waals surface area contributed by atoms with E-state index in [1.54, 1.807) is 47.7 Å². The number of benzene rings is 3. The van der Waals surface area contributed by atoms with Crippen LogP contribution in [0, 0.1) is 0 Å². The van der Waals surface area contributed by atoms with Crippen molar-refractivity contribution < 1.29 is 23.9 Å². The summed E-state index contributed by atoms with van der Waals surface area (Å²) in [5.41, 5.74) is 1.91. The van der Waals surface area contributed by atoms with Crippen LogP contribution in [-0.4, -0.2) is 56.8 Å². The molecule has 5 rings (SSSR count). The minimum Gasteiger partial charge on any atom is -0.444 e. The van der Waals surface area contributed by atoms with Gasteiger partial charge in [0.25, 0.3) is 5.91 Å². The number of rotatable bonds is 5. The number of amides is 2. The first kappa shape index (κ1) is 31.6. The lowest BCUT2D eigenvalue weighted by atomic mass is 10.0. The molecule has 0 fully saturated rings. The molecule has 1 aromatic heterocycles. The van der Waals surface area contributed by atoms with Crippen LogP contribution in [0.4, 0.5) is 15.3 Å². The molecule has 0 atom stereocenters. The lowest BCUT2D eigenvalue weighted by Crippen LogP contribution is -2.35. The zero-order valence-corrected chi connectivity index (χ0v) is 26.8. The summed E-state index contributed by atoms with van der Waals surface area (Å²) in [7, 11) is 0. The number of carbonyl (C=O) groups is 3. The van der Waals surface area contributed by atoms with Crippen molar-refractivity contribution in [2.75, 3.05) is 18.0 Å². The molecule has 1 aliphatic heterocycles. The van der Waals surface area contributed by atoms with Gasteiger partial charge in [0.05, 0.1) is 18.8 Å². The van der Waals surface area contributed by atoms with Gasteiger partial charge in [-0.3, -0.25) is 4.79 Å². The van der Waals surface area contributed by atoms with Crippen molar-refractivity contribution in [3.05, 3.63) is 95.6 Å². The number of alkyl carbamates (subject to hydrolysis) is 1. The maximum absolute atomic E-state index is 13.9. The summed E-state index contributed by atoms with van der Waals surface area (Å²) in [5, 5.41) is 4.65. The van der Waals surface area contributed by atoms with E-state index < -0.39 is 23.4 Å². The van der Waals surface area contributed by atoms with Gasteiger partial charge in [-0.2, -0.15) is 0 Å². The molecule has 236 valence electrons. The highest BCUT2D eigenvalue weighted by atomic mass is 16.6. The minimum atomic E-state index is -0.721. The molecular formula is C35H41N5O5. The van der Waals surface area contributed by atoms with Crippen LogP contribution in [0.2, 0.25) is 0 Å². The van der Waals surface area contributed by atoms with Crippen LogP contribution < -0.4 is 10.2 Å². The fourth-order valence-electron chi connectivity index (χ4n) is 5.32. The summed E-state index contributed by atoms with van der Waals surface area (Å²) < 4.78 is 12.3. The molecule has 1 aliphatic rings. The Kier molecular flexibility index (Phi) is 8.86. The fourth-order valence-corrected chi connectivity index (χ4v) is 5.32. The summed E-state index contributed by atoms with van der Waals surface area (Å²) in [4.78, 5) is 48.2. The van der Waals surface area contributed by atoms with Gasteiger partial charge in [0.2, 0.25) is 0 Å². The maximum Gasteiger partial charge on any atom is 0.420 e. The lowest BCUT2D eigenvalue weighted by Gasteiger charge is -2.24. The topological polar surface area (TPSA) is 106 Å². The monoisotopic (exact) mass is 611 g/mol. The number of aromatic nitrogens is 2. The Morgan fingerprint density at radius 1 is 0.844 bits per heavy atom. The number of carbonyl (C=O) groups excluding carboxylic acids is 3. The second-order valence-electron chi connectivity index (χ2n) is 13.2. The first-order chi connectivity index (χ1) is 21.3. The van der Waals surface area contributed by atoms with Crippen LogP contribution in [0.15, 0.2) is 72.9 Å². The summed E-state index contributed by atoms with van der Waals surface area (Å²) in [6.45, 7) is 12.6. The van der Waals surface area contributed by atoms with Gasteiger partial charge >= 0.3 is 12.2 Å². The molecule has 0 aliphatic carbocycles. The number of imidazole rings is 1. The van der Waals surface area contributed by atoms with Crippen molar-refractivity contribution in [2.24, 2.45) is 0 Å². The molecule has 2 heterocycles. The van der Waals surface area contributed by atoms with E-state index in [4.69, 9.17) is 14.5 Å². The fraction of sp³-hybridized carbons (Fsp3) is 0.371. The summed E-state index contributed by atoms with van der Waals surface area (Å²) in [5.74, 6) is 0.300. The number of ether oxygens (including phenoxy) is 2. The van der Waals surface area contributed by atoms with Gasteiger partial charge in [-0.1, -0.05) is 54.6 Å². The van der Waals surface area contributed by atoms with E-state index in [9.17, 15) is 14.4 Å². The molecule has 10 heteroatoms. The van der Waals surface area contributed by atoms with Gasteiger partial charge in [0, 0.05) is 37.1 Å². The van der Waals surface area contributed by atoms with Crippen molar-refractivity contribution in [1.29, 1.82) is 0 Å². The quantitative estimate of drug-likeness (QED) is 0.274. The molecule has 0 saturated carbocycles. The number of anilines is 1. The normalized spacial score (nSPS) is 13.6. The Labute approximate surface area is 263 Å². The van der Waals surface area contributed by atoms with E-state index in [1.807, 2.05) is 71.6 Å². The van der Waals surface area contributed by atoms with Crippen LogP contribution in [0.1, 0.15) is 69.0 Å². The van der Waals surface area contributed by atoms with Crippen LogP contribution in [-0.2, 0) is 29.1 Å². The van der Waals surface area contributed by atoms with Gasteiger partial charge < -0.3 is 24.6 Å². The molecule has 0 bridgehead atoms. The van der Waals surface area contributed by atoms with E-state index in [0.29, 0.717) is 43.3 Å². The highest BCUT2D eigenvalue weighted by Gasteiger charge is 2.27. The second-order valence-corrected chi connectivity index (χ2v) is 13.2. The van der Waals surface area contributed by atoms with E-state index in [1.165, 1.54) is 4.57 Å². The third kappa shape index (κ3) is 7.81. The summed E-state index contributed by atoms with van der Waals surface area (Å²) in [6, 6.07) is 21.8. The SMILES string of the molecule is CC(C)(C)OC(=O)NCc1nc(CN2CCN(C(=O)c3cccc4ccccc34)Cc3ccccc32)cn1C(=O)OC(C)(C)C. The highest BCUT2D eigenvalue weighted by molar-refractivity contribution is 6.07. The molecule has 0 spiro atoms. The number of hydrogen-bond donors (Lipinski definition) is 1. The zero-order chi connectivity index (χ0) is 32.4. The first-order valence-electron chi connectivity index (χ1n) is 15.1. The van der Waals surface area contributed by atoms with Gasteiger partial charge in [0.15, 0.2) is 0 Å². The average molecular weight is 612 g/mol. The number of nitrogens with zero attached hydrogens (tertiary/aromatic N) is 4. The molecule has 0 unspecified atom stereocenters. The smallest absolute Gasteiger partial charge is 0.420 e. The molecule has 0 radical (unpaired) electrons. The van der Waals surface area contributed by atoms with Crippen LogP contribution in [0.25, 0.3) is 10.8 Å². The van der Waals surface area contributed by atoms with Crippen LogP contribution >= 0.6 is 0 Å². The van der Waals surface area contributed by atoms with Crippen molar-refractivity contribution >= 4 is 34.6 Å². The highest BCUT2D eigenvalue weighted by Crippen LogP contribution is 2.29. The summed E-state index contributed by atoms with van der Waals surface area (Å²) >= 11 is 0. The average Bonchev–Trinajstić information content (AvgIpc) is 3.29. The third-order valence-corrected chi connectivity index (χ3v) is 7.20. The van der Waals surface area contributed by atoms with Crippen molar-refractivity contribution in [1.82, 2.24) is 19.8 Å². The lowest BCUT2D eigenvalue weighted by molar-refractivity contribution is 0.0493. The van der Waals surface area contributed by atoms with E-state index >= 15 is 0 Å². The predicted molar refractivity (Wildman–Crippen MR) is 173 cm³/mol. The van der Waals surface area contributed by atoms with Crippen molar-refractivity contribution in [3.8, 4) is 0 Å². The van der Waals surface area contributed by atoms with E-state index in [0.717, 1.165) is 22.0 Å². The second kappa shape index (κ2) is 12.6. The number of nitrogens with one attached hydrogen (secondary N) is 1. The molecule has 0 saturated heterocycles. The molecule has 3 aromatic carbocycles. The molecule has 10 nitrogen and oxygen atoms in total. The number of hydrogen-bond acceptors (Lipinski definition) is 7. The standard InChI is InChI=1S/C35H41N5O5/c1-34(2,3)44-32(42)36-20-30-37-26(23-40(30)33(43)45-35(4,5)6)22-38-18-19-39(21-25-13-8-10-17-29(25)38)31(41)28-16-11-14-24-12-7-9-15-27(24)28/h7-17,23H,18-22H2,1-6H3,(H,36,42). The van der Waals surface area contributed by atoms with Gasteiger partial charge in [-0.25, -0.2) is 19.1 Å². The Balaban J connectivity index is 1.40. The largest absolute Gasteiger partial charge is 0.444 e. The van der Waals surface area contributed by atoms with E-state index in [2.05, 4.69) is 10.2 Å². The molecule has 2 amide bonds. The van der Waals surface area contributed by atoms with Gasteiger partial charge in [-0.05, 0) is 70.0 Å². The third-order valence-electron chi connectivity index (χ3n) is 7.20. The van der Waals surface area contributed by atoms with Crippen LogP contribution in [0.3, 0.4) is 0 Å². The Morgan fingerprint density at radius 2 is 1.53 bits per heavy atom. The molecule has 4 aromatic rings. The van der Waals surface area contributed by atoms with Crippen molar-refractivity contribution in [2.45, 2.75) is 72.4 Å². The zero-order valence-electron chi connectivity index (χ0n) is 26.8. The maximum atomic E-state index is 13.9. The van der Waals surface area contributed by atoms with E-state index in [-0.39, 0.29) is 12.5 Å². The molecule has 1 N–H and O–H groups in total. The summed E-state index contributed by atoms with van der Waals surface area (Å²) in [6.07, 6.45) is 0.442. The predicted octanol–water partition coefficient (Wildman–Crippen LogP) is 6.51. The Bertz CT molecular complexity index is 1710. The first-order valence-corrected chi connectivity index (χ1v) is 15.1. The Morgan fingerprint density at radius 3 is 2.29 bits per heavy atom.